The van der Waals surface area contributed by atoms with Crippen molar-refractivity contribution in [2.24, 2.45) is 0 Å². The molecule has 20 heavy (non-hydrogen) atoms. The van der Waals surface area contributed by atoms with E-state index in [1.807, 2.05) is 0 Å². The molecule has 2 heterocycles. The first-order valence-corrected chi connectivity index (χ1v) is 6.67. The van der Waals surface area contributed by atoms with Crippen molar-refractivity contribution in [3.05, 3.63) is 44.8 Å². The molecule has 0 spiro atoms. The van der Waals surface area contributed by atoms with E-state index in [1.54, 1.807) is 6.92 Å². The Kier molecular flexibility index (Phi) is 4.15. The van der Waals surface area contributed by atoms with E-state index in [4.69, 9.17) is 19.3 Å². The summed E-state index contributed by atoms with van der Waals surface area (Å²) >= 11 is 0. The Morgan fingerprint density at radius 2 is 2.20 bits per heavy atom. The van der Waals surface area contributed by atoms with E-state index in [-0.39, 0.29) is 0 Å². The summed E-state index contributed by atoms with van der Waals surface area (Å²) in [7, 11) is -2.86. The molecule has 1 aromatic rings. The molecule has 1 aliphatic heterocycles. The van der Waals surface area contributed by atoms with Crippen LogP contribution in [0.1, 0.15) is 13.2 Å². The Balaban J connectivity index is 2.17. The molecule has 2 atom stereocenters. The van der Waals surface area contributed by atoms with E-state index in [9.17, 15) is 14.4 Å². The second-order valence-corrected chi connectivity index (χ2v) is 4.90. The summed E-state index contributed by atoms with van der Waals surface area (Å²) in [5.41, 5.74) is -1.94. The van der Waals surface area contributed by atoms with Crippen LogP contribution in [0, 0.1) is 0 Å². The summed E-state index contributed by atoms with van der Waals surface area (Å²) in [5, 5.41) is 0. The fourth-order valence-corrected chi connectivity index (χ4v) is 1.80. The van der Waals surface area contributed by atoms with Gasteiger partial charge in [0.2, 0.25) is 6.29 Å². The number of carbonyl (C=O) groups is 1. The smallest absolute Gasteiger partial charge is 0.386 e. The third kappa shape index (κ3) is 3.02. The van der Waals surface area contributed by atoms with Crippen LogP contribution in [0.2, 0.25) is 0 Å². The highest BCUT2D eigenvalue weighted by Crippen LogP contribution is 2.32. The van der Waals surface area contributed by atoms with Crippen molar-refractivity contribution in [3.63, 3.8) is 0 Å². The number of aromatic amines is 1. The van der Waals surface area contributed by atoms with Crippen LogP contribution in [-0.4, -0.2) is 31.3 Å². The van der Waals surface area contributed by atoms with Crippen molar-refractivity contribution in [2.45, 2.75) is 19.4 Å². The molecule has 1 aromatic heterocycles. The maximum Gasteiger partial charge on any atom is 0.386 e. The number of nitrogens with zero attached hydrogens (tertiary/aromatic N) is 1. The van der Waals surface area contributed by atoms with Gasteiger partial charge < -0.3 is 19.3 Å². The van der Waals surface area contributed by atoms with Crippen molar-refractivity contribution in [1.82, 2.24) is 9.55 Å². The van der Waals surface area contributed by atoms with Crippen LogP contribution >= 0.6 is 8.38 Å². The van der Waals surface area contributed by atoms with Crippen LogP contribution in [0.15, 0.2) is 33.5 Å². The zero-order chi connectivity index (χ0) is 14.9. The summed E-state index contributed by atoms with van der Waals surface area (Å²) < 4.78 is 11.1. The molecule has 3 N–H and O–H groups in total. The van der Waals surface area contributed by atoms with Crippen molar-refractivity contribution in [3.8, 4) is 0 Å². The lowest BCUT2D eigenvalue weighted by Gasteiger charge is -2.17. The molecule has 0 saturated carbocycles. The molecule has 10 heteroatoms. The van der Waals surface area contributed by atoms with Crippen molar-refractivity contribution < 1.29 is 24.1 Å². The van der Waals surface area contributed by atoms with Gasteiger partial charge >= 0.3 is 11.4 Å². The lowest BCUT2D eigenvalue weighted by molar-refractivity contribution is -0.102. The molecule has 9 nitrogen and oxygen atoms in total. The fourth-order valence-electron chi connectivity index (χ4n) is 1.61. The first-order chi connectivity index (χ1) is 9.38. The minimum atomic E-state index is -2.86. The highest BCUT2D eigenvalue weighted by molar-refractivity contribution is 7.63. The third-order valence-corrected chi connectivity index (χ3v) is 2.97. The molecule has 0 radical (unpaired) electrons. The van der Waals surface area contributed by atoms with Crippen LogP contribution in [-0.2, 0) is 9.47 Å². The first kappa shape index (κ1) is 14.6. The number of rotatable bonds is 3. The molecular formula is C10H11N2O7P. The van der Waals surface area contributed by atoms with Gasteiger partial charge in [0.25, 0.3) is 13.9 Å². The predicted molar refractivity (Wildman–Crippen MR) is 66.8 cm³/mol. The molecule has 0 fully saturated rings. The van der Waals surface area contributed by atoms with E-state index >= 15 is 0 Å². The van der Waals surface area contributed by atoms with Crippen LogP contribution in [0.25, 0.3) is 0 Å². The summed E-state index contributed by atoms with van der Waals surface area (Å²) in [6.07, 6.45) is 0.774. The molecule has 0 unspecified atom stereocenters. The van der Waals surface area contributed by atoms with Gasteiger partial charge in [-0.05, 0) is 18.6 Å². The van der Waals surface area contributed by atoms with Gasteiger partial charge in [-0.3, -0.25) is 14.3 Å². The maximum atomic E-state index is 11.6. The molecule has 0 aromatic carbocycles. The summed E-state index contributed by atoms with van der Waals surface area (Å²) in [5.74, 6) is 0. The Bertz CT molecular complexity index is 662. The highest BCUT2D eigenvalue weighted by Gasteiger charge is 2.31. The predicted octanol–water partition coefficient (Wildman–Crippen LogP) is -0.229. The average Bonchev–Trinajstić information content (AvgIpc) is 2.70. The first-order valence-electron chi connectivity index (χ1n) is 5.42. The standard InChI is InChI=1S/C10H11N2O7P/c1-5-4-7(12-3-2-6(13)11-9(12)14)18-8(5)19-10(15)20(16)17/h2-4,7-8,16-17H,1H3,(H,11,13,14)/t7-,8-/m1/s1. The second kappa shape index (κ2) is 5.68. The molecule has 0 bridgehead atoms. The number of hydrogen-bond acceptors (Lipinski definition) is 7. The minimum absolute atomic E-state index is 0.485. The normalized spacial score (nSPS) is 21.9. The topological polar surface area (TPSA) is 131 Å². The Hall–Kier alpha value is -1.80. The maximum absolute atomic E-state index is 11.6. The molecule has 0 amide bonds. The zero-order valence-electron chi connectivity index (χ0n) is 10.2. The third-order valence-electron chi connectivity index (χ3n) is 2.54. The SMILES string of the molecule is CC1=C[C@H](n2ccc(=O)[nH]c2=O)O[C@@H]1OC(=O)P(O)O. The molecule has 2 rings (SSSR count). The monoisotopic (exact) mass is 302 g/mol. The minimum Gasteiger partial charge on any atom is -0.425 e. The van der Waals surface area contributed by atoms with Crippen LogP contribution in [0.3, 0.4) is 0 Å². The van der Waals surface area contributed by atoms with Crippen molar-refractivity contribution in [2.75, 3.05) is 0 Å². The van der Waals surface area contributed by atoms with Crippen LogP contribution in [0.4, 0.5) is 4.79 Å². The van der Waals surface area contributed by atoms with Crippen molar-refractivity contribution in [1.29, 1.82) is 0 Å². The Labute approximate surface area is 113 Å². The van der Waals surface area contributed by atoms with E-state index in [0.717, 1.165) is 10.6 Å². The summed E-state index contributed by atoms with van der Waals surface area (Å²) in [6, 6.07) is 1.15. The highest BCUT2D eigenvalue weighted by atomic mass is 31.2. The van der Waals surface area contributed by atoms with Gasteiger partial charge in [-0.1, -0.05) is 0 Å². The number of nitrogens with one attached hydrogen (secondary N) is 1. The van der Waals surface area contributed by atoms with Crippen LogP contribution in [0.5, 0.6) is 0 Å². The Morgan fingerprint density at radius 1 is 1.50 bits per heavy atom. The fraction of sp³-hybridized carbons (Fsp3) is 0.300. The average molecular weight is 302 g/mol. The van der Waals surface area contributed by atoms with Gasteiger partial charge in [-0.2, -0.15) is 0 Å². The number of ether oxygens (including phenoxy) is 2. The van der Waals surface area contributed by atoms with Gasteiger partial charge in [0.1, 0.15) is 0 Å². The van der Waals surface area contributed by atoms with Gasteiger partial charge in [0.15, 0.2) is 6.23 Å². The zero-order valence-corrected chi connectivity index (χ0v) is 11.1. The number of carbonyl (C=O) groups excluding carboxylic acids is 1. The molecule has 1 aliphatic rings. The number of aromatic nitrogens is 2. The molecule has 0 aliphatic carbocycles. The van der Waals surface area contributed by atoms with E-state index < -0.39 is 37.9 Å². The lowest BCUT2D eigenvalue weighted by Crippen LogP contribution is -2.32. The van der Waals surface area contributed by atoms with Crippen LogP contribution < -0.4 is 11.2 Å². The second-order valence-electron chi connectivity index (χ2n) is 3.96. The number of H-pyrrole nitrogens is 1. The quantitative estimate of drug-likeness (QED) is 0.519. The number of hydrogen-bond donors (Lipinski definition) is 3. The summed E-state index contributed by atoms with van der Waals surface area (Å²) in [6.45, 7) is 1.59. The van der Waals surface area contributed by atoms with E-state index in [2.05, 4.69) is 4.98 Å². The van der Waals surface area contributed by atoms with Gasteiger partial charge in [0, 0.05) is 12.3 Å². The molecule has 0 saturated heterocycles. The lowest BCUT2D eigenvalue weighted by atomic mass is 10.3. The van der Waals surface area contributed by atoms with E-state index in [1.165, 1.54) is 12.3 Å². The largest absolute Gasteiger partial charge is 0.425 e. The van der Waals surface area contributed by atoms with Crippen molar-refractivity contribution >= 4 is 14.1 Å². The molecular weight excluding hydrogens is 291 g/mol. The van der Waals surface area contributed by atoms with Gasteiger partial charge in [-0.25, -0.2) is 9.59 Å². The van der Waals surface area contributed by atoms with Gasteiger partial charge in [0.05, 0.1) is 0 Å². The Morgan fingerprint density at radius 3 is 2.80 bits per heavy atom. The van der Waals surface area contributed by atoms with E-state index in [0.29, 0.717) is 5.57 Å². The van der Waals surface area contributed by atoms with Gasteiger partial charge in [-0.15, -0.1) is 0 Å². The summed E-state index contributed by atoms with van der Waals surface area (Å²) in [4.78, 5) is 53.1. The molecule has 108 valence electrons.